The van der Waals surface area contributed by atoms with Gasteiger partial charge < -0.3 is 9.88 Å². The van der Waals surface area contributed by atoms with Crippen molar-refractivity contribution >= 4 is 55.0 Å². The van der Waals surface area contributed by atoms with Gasteiger partial charge in [0.1, 0.15) is 12.0 Å². The van der Waals surface area contributed by atoms with Crippen molar-refractivity contribution in [1.82, 2.24) is 9.88 Å². The van der Waals surface area contributed by atoms with Gasteiger partial charge in [-0.3, -0.25) is 0 Å². The van der Waals surface area contributed by atoms with Crippen LogP contribution in [-0.4, -0.2) is 16.2 Å². The minimum absolute atomic E-state index is 0.275. The third-order valence-electron chi connectivity index (χ3n) is 8.80. The van der Waals surface area contributed by atoms with Crippen LogP contribution >= 0.6 is 0 Å². The number of benzene rings is 7. The van der Waals surface area contributed by atoms with Crippen LogP contribution in [0.1, 0.15) is 22.9 Å². The van der Waals surface area contributed by atoms with Gasteiger partial charge in [-0.25, -0.2) is 9.98 Å². The summed E-state index contributed by atoms with van der Waals surface area (Å²) in [6.45, 7) is 0. The third kappa shape index (κ3) is 4.30. The van der Waals surface area contributed by atoms with E-state index >= 15 is 0 Å². The van der Waals surface area contributed by atoms with E-state index in [1.165, 1.54) is 38.0 Å². The molecule has 1 unspecified atom stereocenters. The van der Waals surface area contributed by atoms with Crippen LogP contribution in [0.5, 0.6) is 0 Å². The van der Waals surface area contributed by atoms with Crippen LogP contribution in [0.2, 0.25) is 0 Å². The molecule has 1 aromatic heterocycles. The molecule has 1 aliphatic rings. The van der Waals surface area contributed by atoms with Gasteiger partial charge in [-0.05, 0) is 52.1 Å². The average molecular weight is 577 g/mol. The topological polar surface area (TPSA) is 41.7 Å². The average Bonchev–Trinajstić information content (AvgIpc) is 3.45. The van der Waals surface area contributed by atoms with Crippen molar-refractivity contribution in [3.05, 3.63) is 174 Å². The summed E-state index contributed by atoms with van der Waals surface area (Å²) in [6.07, 6.45) is -0.275. The van der Waals surface area contributed by atoms with Crippen LogP contribution in [0.15, 0.2) is 168 Å². The normalized spacial score (nSPS) is 14.9. The Morgan fingerprint density at radius 3 is 1.84 bits per heavy atom. The van der Waals surface area contributed by atoms with E-state index in [0.717, 1.165) is 39.4 Å². The molecule has 0 aliphatic carbocycles. The molecule has 45 heavy (non-hydrogen) atoms. The Balaban J connectivity index is 1.27. The van der Waals surface area contributed by atoms with Crippen LogP contribution in [0.4, 0.5) is 0 Å². The second-order valence-electron chi connectivity index (χ2n) is 11.5. The summed E-state index contributed by atoms with van der Waals surface area (Å²) in [6, 6.07) is 55.7. The molecule has 8 aromatic rings. The molecule has 1 atom stereocenters. The van der Waals surface area contributed by atoms with E-state index in [9.17, 15) is 0 Å². The first kappa shape index (κ1) is 25.5. The predicted octanol–water partition coefficient (Wildman–Crippen LogP) is 9.59. The minimum Gasteiger partial charge on any atom is -0.344 e. The van der Waals surface area contributed by atoms with Crippen molar-refractivity contribution in [2.24, 2.45) is 9.98 Å². The molecule has 4 nitrogen and oxygen atoms in total. The molecule has 4 heteroatoms. The molecule has 0 amide bonds. The second kappa shape index (κ2) is 10.3. The number of hydrogen-bond donors (Lipinski definition) is 1. The lowest BCUT2D eigenvalue weighted by atomic mass is 10.0. The lowest BCUT2D eigenvalue weighted by molar-refractivity contribution is 0.674. The van der Waals surface area contributed by atoms with E-state index in [1.807, 2.05) is 6.07 Å². The van der Waals surface area contributed by atoms with Gasteiger partial charge >= 0.3 is 0 Å². The lowest BCUT2D eigenvalue weighted by Gasteiger charge is -2.24. The number of aromatic nitrogens is 1. The smallest absolute Gasteiger partial charge is 0.159 e. The van der Waals surface area contributed by atoms with Crippen molar-refractivity contribution in [2.45, 2.75) is 6.17 Å². The maximum absolute atomic E-state index is 5.21. The number of fused-ring (bicyclic) bond motifs is 5. The quantitative estimate of drug-likeness (QED) is 0.223. The van der Waals surface area contributed by atoms with E-state index in [0.29, 0.717) is 0 Å². The molecule has 0 saturated carbocycles. The van der Waals surface area contributed by atoms with E-state index in [1.54, 1.807) is 0 Å². The van der Waals surface area contributed by atoms with E-state index in [-0.39, 0.29) is 6.17 Å². The number of aliphatic imine (C=N–C) groups is 2. The molecule has 2 heterocycles. The third-order valence-corrected chi connectivity index (χ3v) is 8.80. The monoisotopic (exact) mass is 576 g/mol. The highest BCUT2D eigenvalue weighted by Gasteiger charge is 2.23. The maximum atomic E-state index is 5.21. The van der Waals surface area contributed by atoms with Gasteiger partial charge in [0, 0.05) is 27.3 Å². The number of nitrogens with one attached hydrogen (secondary N) is 1. The Bertz CT molecular complexity index is 2410. The van der Waals surface area contributed by atoms with Gasteiger partial charge in [-0.2, -0.15) is 0 Å². The van der Waals surface area contributed by atoms with Gasteiger partial charge in [-0.1, -0.05) is 127 Å². The van der Waals surface area contributed by atoms with Crippen molar-refractivity contribution < 1.29 is 0 Å². The lowest BCUT2D eigenvalue weighted by Crippen LogP contribution is -2.33. The molecule has 0 spiro atoms. The number of para-hydroxylation sites is 2. The van der Waals surface area contributed by atoms with Gasteiger partial charge in [0.15, 0.2) is 5.84 Å². The number of nitrogens with zero attached hydrogens (tertiary/aromatic N) is 3. The molecule has 1 aliphatic heterocycles. The second-order valence-corrected chi connectivity index (χ2v) is 11.5. The fourth-order valence-corrected chi connectivity index (χ4v) is 6.65. The van der Waals surface area contributed by atoms with Gasteiger partial charge in [0.25, 0.3) is 0 Å². The first-order valence-electron chi connectivity index (χ1n) is 15.3. The van der Waals surface area contributed by atoms with Crippen LogP contribution in [0.25, 0.3) is 49.0 Å². The van der Waals surface area contributed by atoms with Gasteiger partial charge in [0.05, 0.1) is 16.7 Å². The Kier molecular flexibility index (Phi) is 5.85. The molecule has 212 valence electrons. The first-order chi connectivity index (χ1) is 22.3. The standard InChI is InChI=1S/C41H28N4/c1-2-13-28(14-3-1)39-42-40(31-23-22-27-12-4-5-15-29(27)24-31)44-41(43-39)32-25-30-16-6-7-17-33(30)38(26-32)45-36-20-10-8-18-34(36)35-19-9-11-21-37(35)45/h1-26,39H,(H,42,43,44). The summed E-state index contributed by atoms with van der Waals surface area (Å²) in [4.78, 5) is 10.3. The zero-order chi connectivity index (χ0) is 29.7. The summed E-state index contributed by atoms with van der Waals surface area (Å²) >= 11 is 0. The molecule has 0 saturated heterocycles. The largest absolute Gasteiger partial charge is 0.344 e. The van der Waals surface area contributed by atoms with E-state index < -0.39 is 0 Å². The van der Waals surface area contributed by atoms with Crippen LogP contribution in [-0.2, 0) is 0 Å². The summed E-state index contributed by atoms with van der Waals surface area (Å²) in [7, 11) is 0. The van der Waals surface area contributed by atoms with Crippen molar-refractivity contribution in [3.63, 3.8) is 0 Å². The van der Waals surface area contributed by atoms with Crippen molar-refractivity contribution in [1.29, 1.82) is 0 Å². The van der Waals surface area contributed by atoms with E-state index in [4.69, 9.17) is 9.98 Å². The van der Waals surface area contributed by atoms with Crippen molar-refractivity contribution in [3.8, 4) is 5.69 Å². The van der Waals surface area contributed by atoms with Crippen LogP contribution < -0.4 is 5.32 Å². The molecular formula is C41H28N4. The molecule has 0 bridgehead atoms. The van der Waals surface area contributed by atoms with Crippen LogP contribution in [0.3, 0.4) is 0 Å². The Hall–Kier alpha value is -6.00. The van der Waals surface area contributed by atoms with Crippen molar-refractivity contribution in [2.75, 3.05) is 0 Å². The molecule has 0 radical (unpaired) electrons. The Labute approximate surface area is 260 Å². The molecule has 1 N–H and O–H groups in total. The minimum atomic E-state index is -0.275. The number of hydrogen-bond acceptors (Lipinski definition) is 3. The highest BCUT2D eigenvalue weighted by molar-refractivity contribution is 6.16. The maximum Gasteiger partial charge on any atom is 0.159 e. The van der Waals surface area contributed by atoms with Gasteiger partial charge in [0.2, 0.25) is 0 Å². The molecular weight excluding hydrogens is 548 g/mol. The highest BCUT2D eigenvalue weighted by Crippen LogP contribution is 2.35. The molecule has 9 rings (SSSR count). The highest BCUT2D eigenvalue weighted by atomic mass is 15.2. The fraction of sp³-hybridized carbons (Fsp3) is 0.0244. The van der Waals surface area contributed by atoms with Crippen LogP contribution in [0, 0.1) is 0 Å². The number of amidine groups is 2. The Morgan fingerprint density at radius 1 is 0.489 bits per heavy atom. The summed E-state index contributed by atoms with van der Waals surface area (Å²) in [5.74, 6) is 1.52. The SMILES string of the molecule is c1ccc(C2N=C(c3ccc4ccccc4c3)N=C(c3cc(-n4c5ccccc5c5ccccc54)c4ccccc4c3)N2)cc1. The zero-order valence-corrected chi connectivity index (χ0v) is 24.4. The fourth-order valence-electron chi connectivity index (χ4n) is 6.65. The summed E-state index contributed by atoms with van der Waals surface area (Å²) in [5, 5.41) is 10.9. The molecule has 7 aromatic carbocycles. The van der Waals surface area contributed by atoms with E-state index in [2.05, 4.69) is 162 Å². The predicted molar refractivity (Wildman–Crippen MR) is 188 cm³/mol. The number of rotatable bonds is 4. The Morgan fingerprint density at radius 2 is 1.09 bits per heavy atom. The van der Waals surface area contributed by atoms with Gasteiger partial charge in [-0.15, -0.1) is 0 Å². The molecule has 0 fully saturated rings. The zero-order valence-electron chi connectivity index (χ0n) is 24.4. The first-order valence-corrected chi connectivity index (χ1v) is 15.3. The summed E-state index contributed by atoms with van der Waals surface area (Å²) < 4.78 is 2.40. The summed E-state index contributed by atoms with van der Waals surface area (Å²) in [5.41, 5.74) is 6.58.